The van der Waals surface area contributed by atoms with E-state index in [1.54, 1.807) is 31.5 Å². The topological polar surface area (TPSA) is 61.3 Å². The van der Waals surface area contributed by atoms with Crippen LogP contribution in [0.5, 0.6) is 11.5 Å². The van der Waals surface area contributed by atoms with Crippen LogP contribution in [0.15, 0.2) is 35.1 Å². The molecule has 6 heteroatoms. The maximum absolute atomic E-state index is 11.5. The summed E-state index contributed by atoms with van der Waals surface area (Å²) >= 11 is 3.31. The van der Waals surface area contributed by atoms with Gasteiger partial charge in [0.05, 0.1) is 13.3 Å². The molecule has 0 saturated heterocycles. The number of methoxy groups -OCH3 is 1. The Morgan fingerprint density at radius 1 is 1.21 bits per heavy atom. The van der Waals surface area contributed by atoms with Gasteiger partial charge in [0.15, 0.2) is 5.69 Å². The number of esters is 1. The molecule has 0 unspecified atom stereocenters. The van der Waals surface area contributed by atoms with Gasteiger partial charge in [-0.2, -0.15) is 0 Å². The predicted molar refractivity (Wildman–Crippen MR) is 72.3 cm³/mol. The number of nitrogens with zero attached hydrogens (tertiary/aromatic N) is 2. The molecular formula is C13H11BrN2O3. The number of aryl methyl sites for hydroxylation is 1. The molecule has 0 aromatic carbocycles. The number of pyridine rings is 2. The fourth-order valence-corrected chi connectivity index (χ4v) is 1.83. The Morgan fingerprint density at radius 2 is 2.00 bits per heavy atom. The van der Waals surface area contributed by atoms with Gasteiger partial charge in [-0.25, -0.2) is 9.78 Å². The van der Waals surface area contributed by atoms with E-state index in [2.05, 4.69) is 30.6 Å². The van der Waals surface area contributed by atoms with Crippen molar-refractivity contribution in [1.82, 2.24) is 9.97 Å². The standard InChI is InChI=1S/C13H11BrN2O3/c1-8-3-10(5-12(16-8)13(17)18-2)19-11-4-9(14)6-15-7-11/h3-7H,1-2H3. The molecular weight excluding hydrogens is 312 g/mol. The van der Waals surface area contributed by atoms with E-state index in [1.165, 1.54) is 13.2 Å². The van der Waals surface area contributed by atoms with Gasteiger partial charge >= 0.3 is 5.97 Å². The summed E-state index contributed by atoms with van der Waals surface area (Å²) < 4.78 is 11.1. The second-order valence-corrected chi connectivity index (χ2v) is 4.68. The first-order chi connectivity index (χ1) is 9.08. The summed E-state index contributed by atoms with van der Waals surface area (Å²) in [5.41, 5.74) is 0.876. The molecule has 2 rings (SSSR count). The third-order valence-electron chi connectivity index (χ3n) is 2.24. The molecule has 2 heterocycles. The van der Waals surface area contributed by atoms with Crippen molar-refractivity contribution in [1.29, 1.82) is 0 Å². The fraction of sp³-hybridized carbons (Fsp3) is 0.154. The Bertz CT molecular complexity index is 617. The summed E-state index contributed by atoms with van der Waals surface area (Å²) in [7, 11) is 1.31. The number of rotatable bonds is 3. The monoisotopic (exact) mass is 322 g/mol. The van der Waals surface area contributed by atoms with Crippen molar-refractivity contribution in [3.8, 4) is 11.5 Å². The molecule has 2 aromatic rings. The van der Waals surface area contributed by atoms with E-state index in [-0.39, 0.29) is 5.69 Å². The number of halogens is 1. The Balaban J connectivity index is 2.30. The van der Waals surface area contributed by atoms with Gasteiger partial charge in [-0.05, 0) is 28.9 Å². The summed E-state index contributed by atoms with van der Waals surface area (Å²) in [6.07, 6.45) is 3.24. The van der Waals surface area contributed by atoms with Gasteiger partial charge < -0.3 is 9.47 Å². The average Bonchev–Trinajstić information content (AvgIpc) is 2.37. The largest absolute Gasteiger partial charge is 0.464 e. The lowest BCUT2D eigenvalue weighted by atomic mass is 10.3. The molecule has 0 aliphatic rings. The smallest absolute Gasteiger partial charge is 0.356 e. The van der Waals surface area contributed by atoms with Crippen molar-refractivity contribution in [3.63, 3.8) is 0 Å². The summed E-state index contributed by atoms with van der Waals surface area (Å²) in [6.45, 7) is 1.78. The first kappa shape index (κ1) is 13.5. The molecule has 0 atom stereocenters. The highest BCUT2D eigenvalue weighted by Crippen LogP contribution is 2.24. The molecule has 0 saturated carbocycles. The van der Waals surface area contributed by atoms with E-state index in [1.807, 2.05) is 0 Å². The lowest BCUT2D eigenvalue weighted by Gasteiger charge is -2.08. The molecule has 19 heavy (non-hydrogen) atoms. The van der Waals surface area contributed by atoms with E-state index in [4.69, 9.17) is 4.74 Å². The van der Waals surface area contributed by atoms with E-state index in [0.29, 0.717) is 17.2 Å². The van der Waals surface area contributed by atoms with E-state index in [0.717, 1.165) is 4.47 Å². The predicted octanol–water partition coefficient (Wildman–Crippen LogP) is 3.13. The minimum Gasteiger partial charge on any atom is -0.464 e. The van der Waals surface area contributed by atoms with Gasteiger partial charge in [-0.3, -0.25) is 4.98 Å². The highest BCUT2D eigenvalue weighted by molar-refractivity contribution is 9.10. The van der Waals surface area contributed by atoms with Crippen LogP contribution in [-0.4, -0.2) is 23.0 Å². The molecule has 2 aromatic heterocycles. The molecule has 0 radical (unpaired) electrons. The van der Waals surface area contributed by atoms with Crippen LogP contribution in [0, 0.1) is 6.92 Å². The van der Waals surface area contributed by atoms with Crippen molar-refractivity contribution in [3.05, 3.63) is 46.5 Å². The van der Waals surface area contributed by atoms with Crippen LogP contribution >= 0.6 is 15.9 Å². The summed E-state index contributed by atoms with van der Waals surface area (Å²) in [4.78, 5) is 19.5. The first-order valence-corrected chi connectivity index (χ1v) is 6.23. The van der Waals surface area contributed by atoms with Crippen LogP contribution in [0.4, 0.5) is 0 Å². The van der Waals surface area contributed by atoms with Gasteiger partial charge in [-0.1, -0.05) is 0 Å². The quantitative estimate of drug-likeness (QED) is 0.812. The SMILES string of the molecule is COC(=O)c1cc(Oc2cncc(Br)c2)cc(C)n1. The normalized spacial score (nSPS) is 10.1. The van der Waals surface area contributed by atoms with Gasteiger partial charge in [0, 0.05) is 28.5 Å². The zero-order valence-electron chi connectivity index (χ0n) is 10.4. The maximum Gasteiger partial charge on any atom is 0.356 e. The lowest BCUT2D eigenvalue weighted by molar-refractivity contribution is 0.0593. The van der Waals surface area contributed by atoms with Gasteiger partial charge in [0.1, 0.15) is 11.5 Å². The third kappa shape index (κ3) is 3.51. The molecule has 0 fully saturated rings. The van der Waals surface area contributed by atoms with Crippen molar-refractivity contribution in [2.75, 3.05) is 7.11 Å². The number of hydrogen-bond acceptors (Lipinski definition) is 5. The molecule has 0 spiro atoms. The third-order valence-corrected chi connectivity index (χ3v) is 2.67. The van der Waals surface area contributed by atoms with Crippen LogP contribution in [0.25, 0.3) is 0 Å². The molecule has 0 bridgehead atoms. The second kappa shape index (κ2) is 5.79. The Morgan fingerprint density at radius 3 is 2.68 bits per heavy atom. The maximum atomic E-state index is 11.5. The number of aromatic nitrogens is 2. The van der Waals surface area contributed by atoms with Gasteiger partial charge in [0.25, 0.3) is 0 Å². The summed E-state index contributed by atoms with van der Waals surface area (Å²) in [5, 5.41) is 0. The van der Waals surface area contributed by atoms with Crippen molar-refractivity contribution >= 4 is 21.9 Å². The second-order valence-electron chi connectivity index (χ2n) is 3.76. The molecule has 0 N–H and O–H groups in total. The highest BCUT2D eigenvalue weighted by Gasteiger charge is 2.10. The Hall–Kier alpha value is -1.95. The van der Waals surface area contributed by atoms with Crippen LogP contribution in [-0.2, 0) is 4.74 Å². The molecule has 0 amide bonds. The van der Waals surface area contributed by atoms with Crippen LogP contribution in [0.2, 0.25) is 0 Å². The molecule has 0 aliphatic heterocycles. The van der Waals surface area contributed by atoms with Crippen molar-refractivity contribution in [2.24, 2.45) is 0 Å². The van der Waals surface area contributed by atoms with Crippen molar-refractivity contribution in [2.45, 2.75) is 6.92 Å². The van der Waals surface area contributed by atoms with Crippen LogP contribution in [0.3, 0.4) is 0 Å². The van der Waals surface area contributed by atoms with Crippen molar-refractivity contribution < 1.29 is 14.3 Å². The summed E-state index contributed by atoms with van der Waals surface area (Å²) in [6, 6.07) is 5.04. The number of carbonyl (C=O) groups excluding carboxylic acids is 1. The van der Waals surface area contributed by atoms with Crippen LogP contribution < -0.4 is 4.74 Å². The Kier molecular flexibility index (Phi) is 4.11. The molecule has 0 aliphatic carbocycles. The highest BCUT2D eigenvalue weighted by atomic mass is 79.9. The van der Waals surface area contributed by atoms with E-state index in [9.17, 15) is 4.79 Å². The van der Waals surface area contributed by atoms with Gasteiger partial charge in [-0.15, -0.1) is 0 Å². The molecule has 5 nitrogen and oxygen atoms in total. The first-order valence-electron chi connectivity index (χ1n) is 5.44. The average molecular weight is 323 g/mol. The van der Waals surface area contributed by atoms with E-state index < -0.39 is 5.97 Å². The molecule has 98 valence electrons. The Labute approximate surface area is 118 Å². The summed E-state index contributed by atoms with van der Waals surface area (Å²) in [5.74, 6) is 0.574. The minimum absolute atomic E-state index is 0.209. The lowest BCUT2D eigenvalue weighted by Crippen LogP contribution is -2.05. The zero-order chi connectivity index (χ0) is 13.8. The zero-order valence-corrected chi connectivity index (χ0v) is 12.0. The number of hydrogen-bond donors (Lipinski definition) is 0. The van der Waals surface area contributed by atoms with E-state index >= 15 is 0 Å². The van der Waals surface area contributed by atoms with Gasteiger partial charge in [0.2, 0.25) is 0 Å². The number of carbonyl (C=O) groups is 1. The fourth-order valence-electron chi connectivity index (χ4n) is 1.49. The number of ether oxygens (including phenoxy) is 2. The minimum atomic E-state index is -0.499. The van der Waals surface area contributed by atoms with Crippen LogP contribution in [0.1, 0.15) is 16.2 Å².